The van der Waals surface area contributed by atoms with Crippen LogP contribution < -0.4 is 5.32 Å². The van der Waals surface area contributed by atoms with E-state index in [9.17, 15) is 4.79 Å². The Bertz CT molecular complexity index is 432. The molecule has 1 N–H and O–H groups in total. The van der Waals surface area contributed by atoms with Gasteiger partial charge in [0.1, 0.15) is 0 Å². The molecule has 1 aromatic rings. The molecule has 0 bridgehead atoms. The Morgan fingerprint density at radius 1 is 1.44 bits per heavy atom. The topological polar surface area (TPSA) is 32.3 Å². The number of likely N-dealkylation sites (tertiary alicyclic amines) is 1. The summed E-state index contributed by atoms with van der Waals surface area (Å²) in [4.78, 5) is 14.5. The summed E-state index contributed by atoms with van der Waals surface area (Å²) < 4.78 is 0. The number of nitrogens with zero attached hydrogens (tertiary/aromatic N) is 1. The van der Waals surface area contributed by atoms with Crippen LogP contribution in [0.5, 0.6) is 0 Å². The highest BCUT2D eigenvalue weighted by Crippen LogP contribution is 2.30. The van der Waals surface area contributed by atoms with E-state index in [1.807, 2.05) is 11.9 Å². The van der Waals surface area contributed by atoms with Crippen LogP contribution in [0, 0.1) is 0 Å². The predicted molar refractivity (Wildman–Crippen MR) is 74.1 cm³/mol. The summed E-state index contributed by atoms with van der Waals surface area (Å²) in [6.45, 7) is 3.80. The highest BCUT2D eigenvalue weighted by Gasteiger charge is 2.39. The number of carbonyl (C=O) groups excluding carboxylic acids is 1. The van der Waals surface area contributed by atoms with E-state index in [2.05, 4.69) is 12.2 Å². The van der Waals surface area contributed by atoms with E-state index in [0.717, 1.165) is 25.9 Å². The van der Waals surface area contributed by atoms with Crippen LogP contribution in [0.1, 0.15) is 30.1 Å². The molecule has 0 aromatic heterocycles. The van der Waals surface area contributed by atoms with Gasteiger partial charge >= 0.3 is 0 Å². The van der Waals surface area contributed by atoms with Crippen molar-refractivity contribution in [2.24, 2.45) is 0 Å². The van der Waals surface area contributed by atoms with Gasteiger partial charge in [-0.25, -0.2) is 0 Å². The van der Waals surface area contributed by atoms with Crippen molar-refractivity contribution in [2.75, 3.05) is 20.1 Å². The molecule has 98 valence electrons. The van der Waals surface area contributed by atoms with Crippen LogP contribution in [-0.2, 0) is 0 Å². The number of likely N-dealkylation sites (N-methyl/N-ethyl adjacent to an activating group) is 1. The Labute approximate surface area is 113 Å². The van der Waals surface area contributed by atoms with Crippen LogP contribution in [0.4, 0.5) is 0 Å². The van der Waals surface area contributed by atoms with Gasteiger partial charge in [0.05, 0.1) is 5.54 Å². The fourth-order valence-electron chi connectivity index (χ4n) is 2.68. The Kier molecular flexibility index (Phi) is 3.93. The van der Waals surface area contributed by atoms with Gasteiger partial charge in [0, 0.05) is 23.7 Å². The fourth-order valence-corrected chi connectivity index (χ4v) is 2.81. The molecule has 0 spiro atoms. The van der Waals surface area contributed by atoms with Crippen LogP contribution in [0.15, 0.2) is 24.3 Å². The Morgan fingerprint density at radius 2 is 2.11 bits per heavy atom. The Hall–Kier alpha value is -1.06. The van der Waals surface area contributed by atoms with Gasteiger partial charge in [0.15, 0.2) is 0 Å². The van der Waals surface area contributed by atoms with Crippen molar-refractivity contribution in [3.8, 4) is 0 Å². The van der Waals surface area contributed by atoms with Gasteiger partial charge in [-0.1, -0.05) is 11.6 Å². The standard InChI is InChI=1S/C14H19ClN2O/c1-14(10-16-2)8-3-9-17(14)13(18)11-4-6-12(15)7-5-11/h4-7,16H,3,8-10H2,1-2H3. The molecule has 1 aromatic carbocycles. The third-order valence-electron chi connectivity index (χ3n) is 3.64. The fraction of sp³-hybridized carbons (Fsp3) is 0.500. The summed E-state index contributed by atoms with van der Waals surface area (Å²) in [7, 11) is 1.93. The van der Waals surface area contributed by atoms with E-state index in [-0.39, 0.29) is 11.4 Å². The molecule has 2 rings (SSSR count). The summed E-state index contributed by atoms with van der Waals surface area (Å²) >= 11 is 5.85. The minimum absolute atomic E-state index is 0.0779. The molecule has 1 saturated heterocycles. The molecule has 3 nitrogen and oxygen atoms in total. The highest BCUT2D eigenvalue weighted by atomic mass is 35.5. The Morgan fingerprint density at radius 3 is 2.72 bits per heavy atom. The SMILES string of the molecule is CNCC1(C)CCCN1C(=O)c1ccc(Cl)cc1. The number of halogens is 1. The summed E-state index contributed by atoms with van der Waals surface area (Å²) in [5.41, 5.74) is 0.634. The van der Waals surface area contributed by atoms with Gasteiger partial charge in [0.2, 0.25) is 0 Å². The third kappa shape index (κ3) is 2.52. The summed E-state index contributed by atoms with van der Waals surface area (Å²) in [6.07, 6.45) is 2.12. The van der Waals surface area contributed by atoms with Crippen molar-refractivity contribution in [2.45, 2.75) is 25.3 Å². The first-order valence-corrected chi connectivity index (χ1v) is 6.67. The maximum atomic E-state index is 12.5. The van der Waals surface area contributed by atoms with E-state index in [1.54, 1.807) is 24.3 Å². The zero-order valence-electron chi connectivity index (χ0n) is 10.9. The van der Waals surface area contributed by atoms with Crippen LogP contribution in [0.3, 0.4) is 0 Å². The molecule has 18 heavy (non-hydrogen) atoms. The molecule has 1 heterocycles. The minimum Gasteiger partial charge on any atom is -0.332 e. The molecule has 0 radical (unpaired) electrons. The number of rotatable bonds is 3. The summed E-state index contributed by atoms with van der Waals surface area (Å²) in [5.74, 6) is 0.0990. The normalized spacial score (nSPS) is 23.4. The molecule has 1 aliphatic rings. The number of nitrogens with one attached hydrogen (secondary N) is 1. The molecule has 1 unspecified atom stereocenters. The van der Waals surface area contributed by atoms with Crippen LogP contribution in [0.2, 0.25) is 5.02 Å². The van der Waals surface area contributed by atoms with Crippen molar-refractivity contribution in [3.63, 3.8) is 0 Å². The molecular formula is C14H19ClN2O. The average Bonchev–Trinajstić information content (AvgIpc) is 2.71. The van der Waals surface area contributed by atoms with Gasteiger partial charge in [-0.2, -0.15) is 0 Å². The number of benzene rings is 1. The molecule has 1 atom stereocenters. The monoisotopic (exact) mass is 266 g/mol. The van der Waals surface area contributed by atoms with Crippen LogP contribution >= 0.6 is 11.6 Å². The number of amides is 1. The smallest absolute Gasteiger partial charge is 0.254 e. The number of carbonyl (C=O) groups is 1. The van der Waals surface area contributed by atoms with E-state index in [1.165, 1.54) is 0 Å². The maximum Gasteiger partial charge on any atom is 0.254 e. The predicted octanol–water partition coefficient (Wildman–Crippen LogP) is 2.55. The van der Waals surface area contributed by atoms with Gasteiger partial charge in [-0.05, 0) is 51.1 Å². The van der Waals surface area contributed by atoms with Gasteiger partial charge < -0.3 is 10.2 Å². The second-order valence-corrected chi connectivity index (χ2v) is 5.53. The van der Waals surface area contributed by atoms with E-state index < -0.39 is 0 Å². The molecule has 0 saturated carbocycles. The second-order valence-electron chi connectivity index (χ2n) is 5.09. The largest absolute Gasteiger partial charge is 0.332 e. The quantitative estimate of drug-likeness (QED) is 0.912. The lowest BCUT2D eigenvalue weighted by molar-refractivity contribution is 0.0626. The molecule has 1 amide bonds. The van der Waals surface area contributed by atoms with Crippen molar-refractivity contribution in [1.29, 1.82) is 0 Å². The van der Waals surface area contributed by atoms with Gasteiger partial charge in [-0.15, -0.1) is 0 Å². The molecule has 4 heteroatoms. The Balaban J connectivity index is 2.20. The lowest BCUT2D eigenvalue weighted by Gasteiger charge is -2.35. The number of hydrogen-bond donors (Lipinski definition) is 1. The van der Waals surface area contributed by atoms with Crippen molar-refractivity contribution < 1.29 is 4.79 Å². The molecule has 1 fully saturated rings. The molecule has 0 aliphatic carbocycles. The first-order valence-electron chi connectivity index (χ1n) is 6.29. The maximum absolute atomic E-state index is 12.5. The zero-order chi connectivity index (χ0) is 13.2. The van der Waals surface area contributed by atoms with Crippen molar-refractivity contribution in [3.05, 3.63) is 34.9 Å². The highest BCUT2D eigenvalue weighted by molar-refractivity contribution is 6.30. The lowest BCUT2D eigenvalue weighted by atomic mass is 9.98. The molecule has 1 aliphatic heterocycles. The second kappa shape index (κ2) is 5.29. The summed E-state index contributed by atoms with van der Waals surface area (Å²) in [5, 5.41) is 3.84. The van der Waals surface area contributed by atoms with Crippen LogP contribution in [-0.4, -0.2) is 36.5 Å². The zero-order valence-corrected chi connectivity index (χ0v) is 11.6. The molecular weight excluding hydrogens is 248 g/mol. The van der Waals surface area contributed by atoms with Gasteiger partial charge in [-0.3, -0.25) is 4.79 Å². The third-order valence-corrected chi connectivity index (χ3v) is 3.89. The van der Waals surface area contributed by atoms with Crippen molar-refractivity contribution >= 4 is 17.5 Å². The first kappa shape index (κ1) is 13.4. The van der Waals surface area contributed by atoms with E-state index in [0.29, 0.717) is 10.6 Å². The minimum atomic E-state index is -0.0779. The summed E-state index contributed by atoms with van der Waals surface area (Å²) in [6, 6.07) is 7.12. The van der Waals surface area contributed by atoms with Crippen LogP contribution in [0.25, 0.3) is 0 Å². The average molecular weight is 267 g/mol. The van der Waals surface area contributed by atoms with Crippen molar-refractivity contribution in [1.82, 2.24) is 10.2 Å². The lowest BCUT2D eigenvalue weighted by Crippen LogP contribution is -2.50. The van der Waals surface area contributed by atoms with E-state index >= 15 is 0 Å². The van der Waals surface area contributed by atoms with E-state index in [4.69, 9.17) is 11.6 Å². The van der Waals surface area contributed by atoms with Gasteiger partial charge in [0.25, 0.3) is 5.91 Å². The number of hydrogen-bond acceptors (Lipinski definition) is 2. The first-order chi connectivity index (χ1) is 8.57.